The summed E-state index contributed by atoms with van der Waals surface area (Å²) in [5.41, 5.74) is 0. The second-order valence-corrected chi connectivity index (χ2v) is 20.8. The Bertz CT molecular complexity index is 1510. The average Bonchev–Trinajstić information content (AvgIpc) is 3.31. The normalized spacial score (nSPS) is 14.6. The molecule has 3 atom stereocenters. The van der Waals surface area contributed by atoms with Crippen LogP contribution in [0.1, 0.15) is 213 Å². The Kier molecular flexibility index (Phi) is 46.4. The Labute approximate surface area is 424 Å². The number of nitrogens with zero attached hydrogens (tertiary/aromatic N) is 1. The molecule has 0 spiro atoms. The molecule has 9 nitrogen and oxygen atoms in total. The average molecular weight is 984 g/mol. The van der Waals surface area contributed by atoms with Crippen molar-refractivity contribution < 1.29 is 37.3 Å². The lowest BCUT2D eigenvalue weighted by molar-refractivity contribution is -0.870. The van der Waals surface area contributed by atoms with E-state index in [9.17, 15) is 19.0 Å². The van der Waals surface area contributed by atoms with Crippen LogP contribution in [0.15, 0.2) is 97.2 Å². The molecule has 0 saturated heterocycles. The summed E-state index contributed by atoms with van der Waals surface area (Å²) in [6, 6.07) is -0.879. The monoisotopic (exact) mass is 984 g/mol. The Hall–Kier alpha value is -3.07. The topological polar surface area (TPSA) is 111 Å². The number of likely N-dealkylation sites (N-methyl/N-ethyl adjacent to an activating group) is 1. The fourth-order valence-electron chi connectivity index (χ4n) is 7.31. The van der Waals surface area contributed by atoms with E-state index >= 15 is 0 Å². The maximum Gasteiger partial charge on any atom is 0.472 e. The summed E-state index contributed by atoms with van der Waals surface area (Å²) >= 11 is 0. The number of rotatable bonds is 48. The van der Waals surface area contributed by atoms with Gasteiger partial charge in [-0.15, -0.1) is 0 Å². The zero-order valence-corrected chi connectivity index (χ0v) is 45.9. The molecule has 0 aliphatic heterocycles. The number of esters is 1. The van der Waals surface area contributed by atoms with Gasteiger partial charge in [0.05, 0.1) is 33.8 Å². The van der Waals surface area contributed by atoms with Crippen LogP contribution < -0.4 is 5.32 Å². The third-order valence-electron chi connectivity index (χ3n) is 11.5. The number of amides is 1. The number of hydrogen-bond donors (Lipinski definition) is 2. The van der Waals surface area contributed by atoms with Gasteiger partial charge in [-0.1, -0.05) is 202 Å². The molecule has 0 aliphatic carbocycles. The molecule has 2 N–H and O–H groups in total. The van der Waals surface area contributed by atoms with Crippen LogP contribution in [0.25, 0.3) is 0 Å². The molecule has 0 heterocycles. The van der Waals surface area contributed by atoms with Crippen molar-refractivity contribution in [3.8, 4) is 0 Å². The number of allylic oxidation sites excluding steroid dienone is 15. The number of ether oxygens (including phenoxy) is 1. The number of carbonyl (C=O) groups is 2. The smallest absolute Gasteiger partial charge is 0.456 e. The standard InChI is InChI=1S/C59H103N2O7P/c1-7-10-13-16-19-22-25-28-30-31-32-34-37-40-43-46-49-52-59(63)68-57(50-47-44-41-38-35-27-24-21-18-15-12-9-3)56(55-67-69(64,65)66-54-53-61(4,5)6)60-58(62)51-48-45-42-39-36-33-29-26-23-20-17-14-11-8-2/h10-11,13-14,19-20,22-23,28,30,32,34,40,43,47,50,56-57H,7-9,12,15-18,21,24-27,29,31,33,35-39,41-42,44-46,48-49,51-55H2,1-6H3,(H-,60,62,64,65)/p+1/b13-10-,14-11+,22-19-,23-20+,30-28-,34-32-,43-40-,50-47+. The van der Waals surface area contributed by atoms with Gasteiger partial charge in [0.25, 0.3) is 0 Å². The zero-order chi connectivity index (χ0) is 50.8. The summed E-state index contributed by atoms with van der Waals surface area (Å²) in [6.07, 6.45) is 64.1. The van der Waals surface area contributed by atoms with Gasteiger partial charge in [-0.3, -0.25) is 18.6 Å². The molecule has 0 aromatic rings. The van der Waals surface area contributed by atoms with E-state index in [1.54, 1.807) is 0 Å². The highest BCUT2D eigenvalue weighted by atomic mass is 31.2. The molecule has 3 unspecified atom stereocenters. The summed E-state index contributed by atoms with van der Waals surface area (Å²) in [4.78, 5) is 37.5. The minimum atomic E-state index is -4.46. The molecule has 0 radical (unpaired) electrons. The number of nitrogens with one attached hydrogen (secondary N) is 1. The molecule has 0 aromatic carbocycles. The summed E-state index contributed by atoms with van der Waals surface area (Å²) in [5.74, 6) is -0.591. The SMILES string of the molecule is CC/C=C\C/C=C\C/C=C\C/C=C\C/C=C\CCCC(=O)OC(/C=C/CCCCCCCCCCCC)C(COP(=O)(O)OCC[N+](C)(C)C)NC(=O)CCCCCCCCC/C=C/C/C=C/CC. The fraction of sp³-hybridized carbons (Fsp3) is 0.695. The van der Waals surface area contributed by atoms with E-state index in [1.807, 2.05) is 33.3 Å². The molecule has 0 saturated carbocycles. The highest BCUT2D eigenvalue weighted by Crippen LogP contribution is 2.43. The zero-order valence-electron chi connectivity index (χ0n) is 45.0. The molecular formula is C59H104N2O7P+. The van der Waals surface area contributed by atoms with Gasteiger partial charge in [0.1, 0.15) is 19.3 Å². The highest BCUT2D eigenvalue weighted by Gasteiger charge is 2.30. The number of unbranched alkanes of at least 4 members (excludes halogenated alkanes) is 18. The molecular weight excluding hydrogens is 880 g/mol. The van der Waals surface area contributed by atoms with Crippen LogP contribution >= 0.6 is 7.82 Å². The van der Waals surface area contributed by atoms with E-state index in [0.29, 0.717) is 23.9 Å². The van der Waals surface area contributed by atoms with E-state index in [2.05, 4.69) is 111 Å². The number of hydrogen-bond acceptors (Lipinski definition) is 6. The number of carbonyl (C=O) groups excluding carboxylic acids is 2. The first-order valence-corrected chi connectivity index (χ1v) is 29.1. The molecule has 1 amide bonds. The first-order chi connectivity index (χ1) is 33.4. The molecule has 0 bridgehead atoms. The lowest BCUT2D eigenvalue weighted by Gasteiger charge is -2.27. The van der Waals surface area contributed by atoms with Gasteiger partial charge in [0.15, 0.2) is 0 Å². The van der Waals surface area contributed by atoms with E-state index in [0.717, 1.165) is 103 Å². The minimum absolute atomic E-state index is 0.0252. The van der Waals surface area contributed by atoms with E-state index in [4.69, 9.17) is 13.8 Å². The molecule has 0 fully saturated rings. The van der Waals surface area contributed by atoms with Crippen LogP contribution in [0.3, 0.4) is 0 Å². The van der Waals surface area contributed by atoms with Crippen molar-refractivity contribution in [2.75, 3.05) is 40.9 Å². The fourth-order valence-corrected chi connectivity index (χ4v) is 8.04. The first kappa shape index (κ1) is 65.9. The predicted molar refractivity (Wildman–Crippen MR) is 295 cm³/mol. The second-order valence-electron chi connectivity index (χ2n) is 19.3. The third-order valence-corrected chi connectivity index (χ3v) is 12.5. The lowest BCUT2D eigenvalue weighted by Crippen LogP contribution is -2.47. The predicted octanol–water partition coefficient (Wildman–Crippen LogP) is 16.4. The summed E-state index contributed by atoms with van der Waals surface area (Å²) < 4.78 is 30.5. The van der Waals surface area contributed by atoms with Crippen molar-refractivity contribution in [2.45, 2.75) is 226 Å². The van der Waals surface area contributed by atoms with Crippen molar-refractivity contribution in [1.82, 2.24) is 5.32 Å². The van der Waals surface area contributed by atoms with Crippen LogP contribution in [-0.2, 0) is 27.9 Å². The van der Waals surface area contributed by atoms with Gasteiger partial charge < -0.3 is 19.4 Å². The van der Waals surface area contributed by atoms with E-state index in [1.165, 1.54) is 70.6 Å². The summed E-state index contributed by atoms with van der Waals surface area (Å²) in [5, 5.41) is 3.02. The van der Waals surface area contributed by atoms with Gasteiger partial charge in [-0.05, 0) is 96.0 Å². The third kappa shape index (κ3) is 49.7. The van der Waals surface area contributed by atoms with E-state index in [-0.39, 0.29) is 31.5 Å². The number of quaternary nitrogens is 1. The van der Waals surface area contributed by atoms with Crippen molar-refractivity contribution in [3.63, 3.8) is 0 Å². The first-order valence-electron chi connectivity index (χ1n) is 27.6. The van der Waals surface area contributed by atoms with Crippen LogP contribution in [0, 0.1) is 0 Å². The molecule has 0 aliphatic rings. The molecule has 0 aromatic heterocycles. The lowest BCUT2D eigenvalue weighted by atomic mass is 10.0. The highest BCUT2D eigenvalue weighted by molar-refractivity contribution is 7.47. The quantitative estimate of drug-likeness (QED) is 0.0205. The number of phosphoric acid groups is 1. The van der Waals surface area contributed by atoms with Crippen molar-refractivity contribution >= 4 is 19.7 Å². The molecule has 10 heteroatoms. The molecule has 0 rings (SSSR count). The molecule has 396 valence electrons. The van der Waals surface area contributed by atoms with Gasteiger partial charge in [-0.2, -0.15) is 0 Å². The van der Waals surface area contributed by atoms with Gasteiger partial charge in [0.2, 0.25) is 5.91 Å². The van der Waals surface area contributed by atoms with Crippen LogP contribution in [0.2, 0.25) is 0 Å². The van der Waals surface area contributed by atoms with E-state index < -0.39 is 20.0 Å². The van der Waals surface area contributed by atoms with Crippen LogP contribution in [0.4, 0.5) is 0 Å². The maximum absolute atomic E-state index is 13.5. The van der Waals surface area contributed by atoms with Crippen LogP contribution in [-0.4, -0.2) is 74.3 Å². The van der Waals surface area contributed by atoms with Gasteiger partial charge >= 0.3 is 13.8 Å². The summed E-state index contributed by atoms with van der Waals surface area (Å²) in [7, 11) is 1.45. The second kappa shape index (κ2) is 48.6. The summed E-state index contributed by atoms with van der Waals surface area (Å²) in [6.45, 7) is 6.72. The minimum Gasteiger partial charge on any atom is -0.456 e. The molecule has 69 heavy (non-hydrogen) atoms. The van der Waals surface area contributed by atoms with Gasteiger partial charge in [-0.25, -0.2) is 4.57 Å². The Morgan fingerprint density at radius 2 is 0.942 bits per heavy atom. The van der Waals surface area contributed by atoms with Gasteiger partial charge in [0, 0.05) is 12.8 Å². The largest absolute Gasteiger partial charge is 0.472 e. The Morgan fingerprint density at radius 1 is 0.522 bits per heavy atom. The van der Waals surface area contributed by atoms with Crippen molar-refractivity contribution in [3.05, 3.63) is 97.2 Å². The van der Waals surface area contributed by atoms with Crippen molar-refractivity contribution in [2.24, 2.45) is 0 Å². The Morgan fingerprint density at radius 3 is 1.42 bits per heavy atom. The Balaban J connectivity index is 5.50. The number of phosphoric ester groups is 1. The van der Waals surface area contributed by atoms with Crippen LogP contribution in [0.5, 0.6) is 0 Å². The maximum atomic E-state index is 13.5. The van der Waals surface area contributed by atoms with Crippen molar-refractivity contribution in [1.29, 1.82) is 0 Å².